The number of ether oxygens (including phenoxy) is 3. The number of nitro groups is 1. The molecule has 0 atom stereocenters. The summed E-state index contributed by atoms with van der Waals surface area (Å²) in [6, 6.07) is 11.0. The van der Waals surface area contributed by atoms with Crippen LogP contribution in [-0.4, -0.2) is 29.6 Å². The highest BCUT2D eigenvalue weighted by Gasteiger charge is 2.27. The third-order valence-electron chi connectivity index (χ3n) is 3.84. The minimum absolute atomic E-state index is 0.225. The van der Waals surface area contributed by atoms with Gasteiger partial charge in [-0.2, -0.15) is 8.78 Å². The van der Waals surface area contributed by atoms with Crippen LogP contribution < -0.4 is 9.47 Å². The van der Waals surface area contributed by atoms with Crippen LogP contribution in [0, 0.1) is 10.1 Å². The Labute approximate surface area is 172 Å². The molecule has 0 unspecified atom stereocenters. The summed E-state index contributed by atoms with van der Waals surface area (Å²) >= 11 is 1.35. The van der Waals surface area contributed by atoms with Crippen LogP contribution in [0.1, 0.15) is 16.1 Å². The van der Waals surface area contributed by atoms with Gasteiger partial charge < -0.3 is 14.2 Å². The Morgan fingerprint density at radius 1 is 1.23 bits per heavy atom. The van der Waals surface area contributed by atoms with Crippen molar-refractivity contribution in [2.24, 2.45) is 0 Å². The summed E-state index contributed by atoms with van der Waals surface area (Å²) in [5.41, 5.74) is 0.145. The molecule has 0 N–H and O–H groups in total. The van der Waals surface area contributed by atoms with Gasteiger partial charge in [0.05, 0.1) is 23.8 Å². The number of benzene rings is 2. The van der Waals surface area contributed by atoms with Crippen LogP contribution in [0.3, 0.4) is 0 Å². The number of alkyl halides is 2. The second kappa shape index (κ2) is 9.27. The first-order valence-corrected chi connectivity index (χ1v) is 9.25. The molecule has 3 rings (SSSR count). The molecule has 1 aromatic heterocycles. The Bertz CT molecular complexity index is 1060. The van der Waals surface area contributed by atoms with Gasteiger partial charge in [-0.05, 0) is 0 Å². The molecular formula is C19H14F2N2O6S. The van der Waals surface area contributed by atoms with Crippen molar-refractivity contribution in [3.8, 4) is 22.1 Å². The Hall–Kier alpha value is -3.60. The molecule has 0 bridgehead atoms. The van der Waals surface area contributed by atoms with E-state index in [0.29, 0.717) is 11.8 Å². The van der Waals surface area contributed by atoms with E-state index < -0.39 is 34.5 Å². The van der Waals surface area contributed by atoms with Gasteiger partial charge in [-0.25, -0.2) is 9.78 Å². The van der Waals surface area contributed by atoms with E-state index in [2.05, 4.69) is 9.72 Å². The van der Waals surface area contributed by atoms with E-state index >= 15 is 0 Å². The molecule has 0 aliphatic heterocycles. The predicted molar refractivity (Wildman–Crippen MR) is 103 cm³/mol. The van der Waals surface area contributed by atoms with E-state index in [-0.39, 0.29) is 12.4 Å². The van der Waals surface area contributed by atoms with E-state index in [1.807, 2.05) is 30.3 Å². The van der Waals surface area contributed by atoms with Crippen molar-refractivity contribution in [3.05, 3.63) is 69.2 Å². The molecule has 30 heavy (non-hydrogen) atoms. The van der Waals surface area contributed by atoms with Crippen LogP contribution >= 0.6 is 11.3 Å². The summed E-state index contributed by atoms with van der Waals surface area (Å²) in [5.74, 6) is -1.87. The van der Waals surface area contributed by atoms with Crippen LogP contribution in [0.4, 0.5) is 14.5 Å². The SMILES string of the molecule is COc1cc(C(=O)OCc2csc(-c3ccccc3)n2)c([N+](=O)[O-])cc1OC(F)F. The van der Waals surface area contributed by atoms with Crippen molar-refractivity contribution in [2.75, 3.05) is 7.11 Å². The summed E-state index contributed by atoms with van der Waals surface area (Å²) < 4.78 is 39.3. The van der Waals surface area contributed by atoms with Crippen molar-refractivity contribution in [3.63, 3.8) is 0 Å². The number of nitro benzene ring substituents is 1. The van der Waals surface area contributed by atoms with Gasteiger partial charge in [0.15, 0.2) is 11.5 Å². The standard InChI is InChI=1S/C19H14F2N2O6S/c1-27-15-7-13(14(23(25)26)8-16(15)29-19(20)21)18(24)28-9-12-10-30-17(22-12)11-5-3-2-4-6-11/h2-8,10,19H,9H2,1H3. The molecule has 1 heterocycles. The average molecular weight is 436 g/mol. The van der Waals surface area contributed by atoms with Gasteiger partial charge in [-0.1, -0.05) is 30.3 Å². The molecule has 0 saturated carbocycles. The van der Waals surface area contributed by atoms with Crippen molar-refractivity contribution in [1.82, 2.24) is 4.98 Å². The van der Waals surface area contributed by atoms with E-state index in [9.17, 15) is 23.7 Å². The lowest BCUT2D eigenvalue weighted by Gasteiger charge is -2.11. The van der Waals surface area contributed by atoms with Crippen LogP contribution in [-0.2, 0) is 11.3 Å². The molecule has 8 nitrogen and oxygen atoms in total. The first-order chi connectivity index (χ1) is 14.4. The molecule has 0 aliphatic rings. The Morgan fingerprint density at radius 2 is 1.97 bits per heavy atom. The molecule has 0 amide bonds. The van der Waals surface area contributed by atoms with E-state index in [0.717, 1.165) is 23.7 Å². The molecule has 0 radical (unpaired) electrons. The van der Waals surface area contributed by atoms with Gasteiger partial charge in [0.25, 0.3) is 5.69 Å². The van der Waals surface area contributed by atoms with Gasteiger partial charge >= 0.3 is 12.6 Å². The minimum Gasteiger partial charge on any atom is -0.493 e. The number of thiazole rings is 1. The summed E-state index contributed by atoms with van der Waals surface area (Å²) in [4.78, 5) is 27.2. The van der Waals surface area contributed by atoms with Gasteiger partial charge in [-0.3, -0.25) is 10.1 Å². The fraction of sp³-hybridized carbons (Fsp3) is 0.158. The smallest absolute Gasteiger partial charge is 0.387 e. The third kappa shape index (κ3) is 4.87. The maximum absolute atomic E-state index is 12.5. The van der Waals surface area contributed by atoms with E-state index in [1.165, 1.54) is 11.3 Å². The van der Waals surface area contributed by atoms with Gasteiger partial charge in [0.2, 0.25) is 0 Å². The fourth-order valence-electron chi connectivity index (χ4n) is 2.52. The number of carbonyl (C=O) groups is 1. The predicted octanol–water partition coefficient (Wildman–Crippen LogP) is 4.69. The van der Waals surface area contributed by atoms with E-state index in [1.54, 1.807) is 5.38 Å². The summed E-state index contributed by atoms with van der Waals surface area (Å²) in [5, 5.41) is 13.7. The van der Waals surface area contributed by atoms with Crippen LogP contribution in [0.25, 0.3) is 10.6 Å². The zero-order chi connectivity index (χ0) is 21.7. The topological polar surface area (TPSA) is 101 Å². The van der Waals surface area contributed by atoms with E-state index in [4.69, 9.17) is 9.47 Å². The van der Waals surface area contributed by atoms with Crippen molar-refractivity contribution in [2.45, 2.75) is 13.2 Å². The number of esters is 1. The first-order valence-electron chi connectivity index (χ1n) is 8.37. The first kappa shape index (κ1) is 21.1. The lowest BCUT2D eigenvalue weighted by molar-refractivity contribution is -0.385. The molecule has 156 valence electrons. The highest BCUT2D eigenvalue weighted by Crippen LogP contribution is 2.36. The van der Waals surface area contributed by atoms with Gasteiger partial charge in [0, 0.05) is 17.0 Å². The Morgan fingerprint density at radius 3 is 2.60 bits per heavy atom. The fourth-order valence-corrected chi connectivity index (χ4v) is 3.33. The Balaban J connectivity index is 1.79. The third-order valence-corrected chi connectivity index (χ3v) is 4.78. The number of aromatic nitrogens is 1. The molecule has 0 spiro atoms. The summed E-state index contributed by atoms with van der Waals surface area (Å²) in [7, 11) is 1.15. The highest BCUT2D eigenvalue weighted by atomic mass is 32.1. The van der Waals surface area contributed by atoms with Crippen molar-refractivity contribution >= 4 is 23.0 Å². The second-order valence-corrected chi connectivity index (χ2v) is 6.60. The zero-order valence-corrected chi connectivity index (χ0v) is 16.2. The Kier molecular flexibility index (Phi) is 6.52. The number of carbonyl (C=O) groups excluding carboxylic acids is 1. The molecule has 0 saturated heterocycles. The maximum Gasteiger partial charge on any atom is 0.387 e. The lowest BCUT2D eigenvalue weighted by Crippen LogP contribution is -2.11. The molecule has 2 aromatic carbocycles. The largest absolute Gasteiger partial charge is 0.493 e. The summed E-state index contributed by atoms with van der Waals surface area (Å²) in [6.07, 6.45) is 0. The van der Waals surface area contributed by atoms with Gasteiger partial charge in [-0.15, -0.1) is 11.3 Å². The van der Waals surface area contributed by atoms with Crippen LogP contribution in [0.5, 0.6) is 11.5 Å². The lowest BCUT2D eigenvalue weighted by atomic mass is 10.1. The minimum atomic E-state index is -3.22. The average Bonchev–Trinajstić information content (AvgIpc) is 3.21. The molecule has 11 heteroatoms. The molecule has 3 aromatic rings. The quantitative estimate of drug-likeness (QED) is 0.287. The number of halogens is 2. The molecular weight excluding hydrogens is 422 g/mol. The van der Waals surface area contributed by atoms with Crippen LogP contribution in [0.2, 0.25) is 0 Å². The molecule has 0 aliphatic carbocycles. The molecule has 0 fully saturated rings. The number of hydrogen-bond donors (Lipinski definition) is 0. The number of methoxy groups -OCH3 is 1. The number of hydrogen-bond acceptors (Lipinski definition) is 8. The normalized spacial score (nSPS) is 10.7. The van der Waals surface area contributed by atoms with Crippen molar-refractivity contribution in [1.29, 1.82) is 0 Å². The van der Waals surface area contributed by atoms with Crippen LogP contribution in [0.15, 0.2) is 47.8 Å². The van der Waals surface area contributed by atoms with Crippen molar-refractivity contribution < 1.29 is 32.7 Å². The second-order valence-electron chi connectivity index (χ2n) is 5.74. The van der Waals surface area contributed by atoms with Gasteiger partial charge in [0.1, 0.15) is 17.2 Å². The number of rotatable bonds is 8. The summed E-state index contributed by atoms with van der Waals surface area (Å²) in [6.45, 7) is -3.45. The number of nitrogens with zero attached hydrogens (tertiary/aromatic N) is 2. The maximum atomic E-state index is 12.5. The highest BCUT2D eigenvalue weighted by molar-refractivity contribution is 7.13. The monoisotopic (exact) mass is 436 g/mol. The zero-order valence-electron chi connectivity index (χ0n) is 15.4.